The molecular weight excluding hydrogens is 258 g/mol. The molecule has 20 heavy (non-hydrogen) atoms. The molecule has 0 aliphatic heterocycles. The number of aromatic carboxylic acids is 1. The molecule has 0 amide bonds. The maximum Gasteiger partial charge on any atom is 0.339 e. The van der Waals surface area contributed by atoms with E-state index in [1.165, 1.54) is 0 Å². The predicted octanol–water partition coefficient (Wildman–Crippen LogP) is 2.39. The maximum atomic E-state index is 11.5. The lowest BCUT2D eigenvalue weighted by atomic mass is 10.1. The van der Waals surface area contributed by atoms with Gasteiger partial charge in [0.15, 0.2) is 0 Å². The van der Waals surface area contributed by atoms with E-state index in [1.807, 2.05) is 13.0 Å². The fourth-order valence-corrected chi connectivity index (χ4v) is 2.29. The first-order valence-corrected chi connectivity index (χ1v) is 6.18. The molecule has 0 aliphatic carbocycles. The van der Waals surface area contributed by atoms with Gasteiger partial charge in [-0.2, -0.15) is 5.10 Å². The number of fused-ring (bicyclic) bond motifs is 1. The number of carboxylic acids is 1. The lowest BCUT2D eigenvalue weighted by molar-refractivity contribution is 0.0696. The van der Waals surface area contributed by atoms with Crippen molar-refractivity contribution >= 4 is 16.9 Å². The van der Waals surface area contributed by atoms with Crippen LogP contribution in [0.25, 0.3) is 11.0 Å². The first kappa shape index (κ1) is 12.4. The number of carbonyl (C=O) groups is 1. The summed E-state index contributed by atoms with van der Waals surface area (Å²) in [6.07, 6.45) is 0. The molecule has 1 aromatic carbocycles. The lowest BCUT2D eigenvalue weighted by Gasteiger charge is -2.01. The zero-order valence-corrected chi connectivity index (χ0v) is 11.1. The number of hydrogen-bond acceptors (Lipinski definition) is 4. The molecule has 0 spiro atoms. The smallest absolute Gasteiger partial charge is 0.339 e. The summed E-state index contributed by atoms with van der Waals surface area (Å²) in [4.78, 5) is 15.7. The summed E-state index contributed by atoms with van der Waals surface area (Å²) in [6.45, 7) is 3.87. The highest BCUT2D eigenvalue weighted by atomic mass is 16.4. The highest BCUT2D eigenvalue weighted by Crippen LogP contribution is 2.26. The van der Waals surface area contributed by atoms with E-state index in [4.69, 9.17) is 4.42 Å². The molecule has 0 bridgehead atoms. The Labute approximate surface area is 114 Å². The van der Waals surface area contributed by atoms with Crippen LogP contribution in [0.3, 0.4) is 0 Å². The van der Waals surface area contributed by atoms with Gasteiger partial charge in [0.25, 0.3) is 0 Å². The minimum atomic E-state index is -1.00. The molecule has 3 rings (SSSR count). The van der Waals surface area contributed by atoms with Crippen LogP contribution < -0.4 is 0 Å². The number of furan rings is 1. The van der Waals surface area contributed by atoms with Crippen molar-refractivity contribution in [3.8, 4) is 0 Å². The van der Waals surface area contributed by atoms with E-state index in [0.29, 0.717) is 22.6 Å². The molecule has 0 saturated carbocycles. The molecule has 0 fully saturated rings. The molecule has 0 unspecified atom stereocenters. The Kier molecular flexibility index (Phi) is 2.78. The van der Waals surface area contributed by atoms with Crippen LogP contribution in [0.2, 0.25) is 0 Å². The summed E-state index contributed by atoms with van der Waals surface area (Å²) >= 11 is 0. The van der Waals surface area contributed by atoms with Gasteiger partial charge >= 0.3 is 5.97 Å². The fourth-order valence-electron chi connectivity index (χ4n) is 2.29. The number of aryl methyl sites for hydroxylation is 2. The minimum absolute atomic E-state index is 0.188. The van der Waals surface area contributed by atoms with Gasteiger partial charge in [-0.1, -0.05) is 18.2 Å². The molecule has 0 saturated heterocycles. The zero-order chi connectivity index (χ0) is 14.3. The molecule has 2 aromatic heterocycles. The van der Waals surface area contributed by atoms with Crippen LogP contribution in [0, 0.1) is 13.8 Å². The van der Waals surface area contributed by atoms with Crippen LogP contribution in [0.1, 0.15) is 27.8 Å². The first-order chi connectivity index (χ1) is 9.56. The Morgan fingerprint density at radius 1 is 1.35 bits per heavy atom. The predicted molar refractivity (Wildman–Crippen MR) is 71.8 cm³/mol. The second-order valence-corrected chi connectivity index (χ2v) is 4.57. The van der Waals surface area contributed by atoms with E-state index in [2.05, 4.69) is 10.1 Å². The number of hydrogen-bond donors (Lipinski definition) is 1. The minimum Gasteiger partial charge on any atom is -0.478 e. The maximum absolute atomic E-state index is 11.5. The number of aromatic nitrogens is 3. The molecule has 0 aliphatic rings. The van der Waals surface area contributed by atoms with Crippen molar-refractivity contribution in [3.63, 3.8) is 0 Å². The van der Waals surface area contributed by atoms with Crippen LogP contribution in [-0.2, 0) is 6.54 Å². The van der Waals surface area contributed by atoms with E-state index in [0.717, 1.165) is 5.82 Å². The van der Waals surface area contributed by atoms with Crippen LogP contribution in [0.4, 0.5) is 0 Å². The molecule has 6 nitrogen and oxygen atoms in total. The zero-order valence-electron chi connectivity index (χ0n) is 11.1. The van der Waals surface area contributed by atoms with Crippen molar-refractivity contribution in [1.82, 2.24) is 14.8 Å². The Balaban J connectivity index is 2.13. The third-order valence-corrected chi connectivity index (χ3v) is 3.14. The van der Waals surface area contributed by atoms with Crippen molar-refractivity contribution in [2.75, 3.05) is 0 Å². The van der Waals surface area contributed by atoms with Gasteiger partial charge in [0.1, 0.15) is 35.1 Å². The summed E-state index contributed by atoms with van der Waals surface area (Å²) in [5, 5.41) is 14.2. The highest BCUT2D eigenvalue weighted by molar-refractivity contribution is 6.03. The summed E-state index contributed by atoms with van der Waals surface area (Å²) in [5.74, 6) is 0.751. The van der Waals surface area contributed by atoms with Crippen molar-refractivity contribution in [2.45, 2.75) is 20.4 Å². The van der Waals surface area contributed by atoms with Crippen molar-refractivity contribution < 1.29 is 14.3 Å². The normalized spacial score (nSPS) is 11.1. The van der Waals surface area contributed by atoms with E-state index >= 15 is 0 Å². The van der Waals surface area contributed by atoms with E-state index < -0.39 is 5.97 Å². The van der Waals surface area contributed by atoms with Gasteiger partial charge in [-0.05, 0) is 19.9 Å². The number of carboxylic acid groups (broad SMARTS) is 1. The second-order valence-electron chi connectivity index (χ2n) is 4.57. The van der Waals surface area contributed by atoms with Crippen molar-refractivity contribution in [1.29, 1.82) is 0 Å². The number of nitrogens with zero attached hydrogens (tertiary/aromatic N) is 3. The Morgan fingerprint density at radius 3 is 2.75 bits per heavy atom. The summed E-state index contributed by atoms with van der Waals surface area (Å²) in [7, 11) is 0. The van der Waals surface area contributed by atoms with E-state index in [9.17, 15) is 9.90 Å². The van der Waals surface area contributed by atoms with Gasteiger partial charge in [-0.15, -0.1) is 0 Å². The summed E-state index contributed by atoms with van der Waals surface area (Å²) < 4.78 is 7.30. The van der Waals surface area contributed by atoms with Crippen LogP contribution >= 0.6 is 0 Å². The first-order valence-electron chi connectivity index (χ1n) is 6.18. The van der Waals surface area contributed by atoms with E-state index in [1.54, 1.807) is 29.8 Å². The van der Waals surface area contributed by atoms with Gasteiger partial charge < -0.3 is 9.52 Å². The molecular formula is C14H13N3O3. The van der Waals surface area contributed by atoms with E-state index in [-0.39, 0.29) is 12.1 Å². The van der Waals surface area contributed by atoms with Crippen molar-refractivity contribution in [2.24, 2.45) is 0 Å². The van der Waals surface area contributed by atoms with Gasteiger partial charge in [-0.25, -0.2) is 14.5 Å². The topological polar surface area (TPSA) is 81.2 Å². The Bertz CT molecular complexity index is 801. The molecule has 102 valence electrons. The van der Waals surface area contributed by atoms with Gasteiger partial charge in [0.05, 0.1) is 0 Å². The molecule has 3 aromatic rings. The second kappa shape index (κ2) is 4.48. The number of para-hydroxylation sites is 1. The van der Waals surface area contributed by atoms with Crippen LogP contribution in [0.15, 0.2) is 28.7 Å². The van der Waals surface area contributed by atoms with Gasteiger partial charge in [-0.3, -0.25) is 0 Å². The van der Waals surface area contributed by atoms with Crippen LogP contribution in [0.5, 0.6) is 0 Å². The summed E-state index contributed by atoms with van der Waals surface area (Å²) in [5.41, 5.74) is 0.752. The molecule has 2 heterocycles. The molecule has 0 atom stereocenters. The number of benzene rings is 1. The largest absolute Gasteiger partial charge is 0.478 e. The molecule has 1 N–H and O–H groups in total. The summed E-state index contributed by atoms with van der Waals surface area (Å²) in [6, 6.07) is 7.10. The molecule has 6 heteroatoms. The quantitative estimate of drug-likeness (QED) is 0.791. The Hall–Kier alpha value is -2.63. The Morgan fingerprint density at radius 2 is 2.10 bits per heavy atom. The fraction of sp³-hybridized carbons (Fsp3) is 0.214. The van der Waals surface area contributed by atoms with Crippen LogP contribution in [-0.4, -0.2) is 25.8 Å². The molecule has 0 radical (unpaired) electrons. The lowest BCUT2D eigenvalue weighted by Crippen LogP contribution is -2.07. The third-order valence-electron chi connectivity index (χ3n) is 3.14. The van der Waals surface area contributed by atoms with Gasteiger partial charge in [0, 0.05) is 5.39 Å². The van der Waals surface area contributed by atoms with Gasteiger partial charge in [0.2, 0.25) is 0 Å². The standard InChI is InChI=1S/C14H13N3O3/c1-8-15-9(2)17(16-8)7-12-13(14(18)19)10-5-3-4-6-11(10)20-12/h3-6H,7H2,1-2H3,(H,18,19). The monoisotopic (exact) mass is 271 g/mol. The highest BCUT2D eigenvalue weighted by Gasteiger charge is 2.21. The average molecular weight is 271 g/mol. The third kappa shape index (κ3) is 1.95. The SMILES string of the molecule is Cc1nc(C)n(Cc2oc3ccccc3c2C(=O)O)n1. The number of rotatable bonds is 3. The van der Waals surface area contributed by atoms with Crippen molar-refractivity contribution in [3.05, 3.63) is 47.2 Å². The average Bonchev–Trinajstić information content (AvgIpc) is 2.89.